The molecule has 1 unspecified atom stereocenters. The van der Waals surface area contributed by atoms with E-state index in [-0.39, 0.29) is 34.5 Å². The van der Waals surface area contributed by atoms with Crippen molar-refractivity contribution in [2.45, 2.75) is 59.0 Å². The third kappa shape index (κ3) is 2.96. The van der Waals surface area contributed by atoms with Crippen LogP contribution in [-0.2, 0) is 9.53 Å². The van der Waals surface area contributed by atoms with Gasteiger partial charge in [-0.25, -0.2) is 13.6 Å². The van der Waals surface area contributed by atoms with Gasteiger partial charge in [0.1, 0.15) is 12.0 Å². The van der Waals surface area contributed by atoms with Crippen LogP contribution in [-0.4, -0.2) is 24.2 Å². The van der Waals surface area contributed by atoms with Gasteiger partial charge in [0.05, 0.1) is 13.3 Å². The van der Waals surface area contributed by atoms with E-state index in [1.165, 1.54) is 24.9 Å². The van der Waals surface area contributed by atoms with E-state index in [0.717, 1.165) is 36.0 Å². The second-order valence-corrected chi connectivity index (χ2v) is 10.7. The van der Waals surface area contributed by atoms with Crippen LogP contribution in [0.3, 0.4) is 0 Å². The maximum Gasteiger partial charge on any atom is 0.334 e. The lowest BCUT2D eigenvalue weighted by atomic mass is 9.45. The maximum absolute atomic E-state index is 16.2. The molecular weight excluding hydrogens is 408 g/mol. The second kappa shape index (κ2) is 7.36. The number of alkyl halides is 1. The van der Waals surface area contributed by atoms with E-state index < -0.39 is 6.17 Å². The maximum atomic E-state index is 16.2. The van der Waals surface area contributed by atoms with Crippen LogP contribution >= 0.6 is 0 Å². The number of carbonyl (C=O) groups excluding carboxylic acids is 1. The van der Waals surface area contributed by atoms with Crippen molar-refractivity contribution in [3.05, 3.63) is 58.7 Å². The molecule has 0 radical (unpaired) electrons. The molecule has 0 N–H and O–H groups in total. The van der Waals surface area contributed by atoms with Gasteiger partial charge in [-0.2, -0.15) is 0 Å². The number of hydrogen-bond donors (Lipinski definition) is 0. The Kier molecular flexibility index (Phi) is 4.95. The minimum absolute atomic E-state index is 0.0275. The molecule has 0 saturated heterocycles. The number of carbonyl (C=O) groups is 1. The Morgan fingerprint density at radius 3 is 2.78 bits per heavy atom. The number of rotatable bonds is 2. The van der Waals surface area contributed by atoms with E-state index in [1.54, 1.807) is 6.20 Å². The van der Waals surface area contributed by atoms with Crippen LogP contribution in [0.5, 0.6) is 0 Å². The first-order valence-corrected chi connectivity index (χ1v) is 11.7. The summed E-state index contributed by atoms with van der Waals surface area (Å²) in [7, 11) is 1.41. The van der Waals surface area contributed by atoms with E-state index in [1.807, 2.05) is 13.0 Å². The highest BCUT2D eigenvalue weighted by Crippen LogP contribution is 2.68. The van der Waals surface area contributed by atoms with Gasteiger partial charge in [0, 0.05) is 17.7 Å². The van der Waals surface area contributed by atoms with E-state index in [0.29, 0.717) is 24.3 Å². The Hall–Kier alpha value is -2.30. The quantitative estimate of drug-likeness (QED) is 0.513. The van der Waals surface area contributed by atoms with Crippen LogP contribution in [0.25, 0.3) is 5.57 Å². The van der Waals surface area contributed by atoms with Gasteiger partial charge in [-0.15, -0.1) is 0 Å². The molecule has 5 heteroatoms. The lowest BCUT2D eigenvalue weighted by molar-refractivity contribution is -0.136. The van der Waals surface area contributed by atoms with Crippen molar-refractivity contribution in [2.75, 3.05) is 7.11 Å². The summed E-state index contributed by atoms with van der Waals surface area (Å²) in [5.74, 6) is -0.455. The predicted octanol–water partition coefficient (Wildman–Crippen LogP) is 6.22. The molecule has 5 rings (SSSR count). The molecule has 1 saturated carbocycles. The molecule has 6 atom stereocenters. The molecular formula is C27H31F2NO2. The van der Waals surface area contributed by atoms with Crippen molar-refractivity contribution in [3.63, 3.8) is 0 Å². The Morgan fingerprint density at radius 2 is 2.06 bits per heavy atom. The summed E-state index contributed by atoms with van der Waals surface area (Å²) in [6.45, 7) is 6.46. The molecule has 1 heterocycles. The largest absolute Gasteiger partial charge is 0.466 e. The summed E-state index contributed by atoms with van der Waals surface area (Å²) < 4.78 is 35.1. The van der Waals surface area contributed by atoms with Crippen molar-refractivity contribution in [1.29, 1.82) is 0 Å². The van der Waals surface area contributed by atoms with Crippen LogP contribution in [0.2, 0.25) is 0 Å². The number of pyridine rings is 1. The van der Waals surface area contributed by atoms with Crippen LogP contribution in [0, 0.1) is 34.4 Å². The van der Waals surface area contributed by atoms with Crippen molar-refractivity contribution in [2.24, 2.45) is 28.6 Å². The SMILES string of the molecule is COC(=O)C1=CC2=C(CC1C)[C@H]1[C@@H](F)C[C@]3(C)C(c4cncc(F)c4)=CC[C@H]3[C@]1(C)CC2. The van der Waals surface area contributed by atoms with Crippen molar-refractivity contribution >= 4 is 11.5 Å². The second-order valence-electron chi connectivity index (χ2n) is 10.7. The molecule has 0 aliphatic heterocycles. The van der Waals surface area contributed by atoms with Crippen LogP contribution < -0.4 is 0 Å². The highest BCUT2D eigenvalue weighted by atomic mass is 19.1. The molecule has 0 amide bonds. The lowest BCUT2D eigenvalue weighted by Gasteiger charge is -2.59. The van der Waals surface area contributed by atoms with Gasteiger partial charge >= 0.3 is 5.97 Å². The number of aromatic nitrogens is 1. The smallest absolute Gasteiger partial charge is 0.334 e. The fourth-order valence-corrected chi connectivity index (χ4v) is 7.61. The molecule has 0 aromatic carbocycles. The van der Waals surface area contributed by atoms with Gasteiger partial charge in [0.2, 0.25) is 0 Å². The van der Waals surface area contributed by atoms with Crippen molar-refractivity contribution < 1.29 is 18.3 Å². The van der Waals surface area contributed by atoms with Gasteiger partial charge in [-0.3, -0.25) is 4.98 Å². The predicted molar refractivity (Wildman–Crippen MR) is 120 cm³/mol. The number of hydrogen-bond acceptors (Lipinski definition) is 3. The van der Waals surface area contributed by atoms with Gasteiger partial charge < -0.3 is 4.74 Å². The van der Waals surface area contributed by atoms with Gasteiger partial charge in [-0.05, 0) is 83.6 Å². The third-order valence-electron chi connectivity index (χ3n) is 8.97. The minimum Gasteiger partial charge on any atom is -0.466 e. The molecule has 4 aliphatic carbocycles. The summed E-state index contributed by atoms with van der Waals surface area (Å²) in [6, 6.07) is 1.53. The summed E-state index contributed by atoms with van der Waals surface area (Å²) in [5.41, 5.74) is 4.34. The first-order valence-electron chi connectivity index (χ1n) is 11.7. The number of esters is 1. The zero-order chi connectivity index (χ0) is 22.8. The normalized spacial score (nSPS) is 38.3. The highest BCUT2D eigenvalue weighted by Gasteiger charge is 2.62. The number of fused-ring (bicyclic) bond motifs is 4. The highest BCUT2D eigenvalue weighted by molar-refractivity contribution is 5.90. The van der Waals surface area contributed by atoms with Crippen LogP contribution in [0.4, 0.5) is 8.78 Å². The number of methoxy groups -OCH3 is 1. The van der Waals surface area contributed by atoms with E-state index in [2.05, 4.69) is 24.9 Å². The number of nitrogens with zero attached hydrogens (tertiary/aromatic N) is 1. The van der Waals surface area contributed by atoms with E-state index >= 15 is 4.39 Å². The monoisotopic (exact) mass is 439 g/mol. The van der Waals surface area contributed by atoms with E-state index in [4.69, 9.17) is 4.74 Å². The summed E-state index contributed by atoms with van der Waals surface area (Å²) in [6.07, 6.45) is 9.88. The van der Waals surface area contributed by atoms with Gasteiger partial charge in [0.25, 0.3) is 0 Å². The zero-order valence-corrected chi connectivity index (χ0v) is 19.3. The molecule has 0 spiro atoms. The van der Waals surface area contributed by atoms with Gasteiger partial charge in [0.15, 0.2) is 0 Å². The summed E-state index contributed by atoms with van der Waals surface area (Å²) >= 11 is 0. The van der Waals surface area contributed by atoms with Crippen LogP contribution in [0.15, 0.2) is 47.3 Å². The van der Waals surface area contributed by atoms with E-state index in [9.17, 15) is 9.18 Å². The first-order chi connectivity index (χ1) is 15.2. The fourth-order valence-electron chi connectivity index (χ4n) is 7.61. The average Bonchev–Trinajstić information content (AvgIpc) is 3.10. The Balaban J connectivity index is 1.54. The molecule has 3 nitrogen and oxygen atoms in total. The Labute approximate surface area is 188 Å². The Morgan fingerprint density at radius 1 is 1.28 bits per heavy atom. The Bertz CT molecular complexity index is 1070. The minimum atomic E-state index is -0.977. The molecule has 4 aliphatic rings. The molecule has 1 fully saturated rings. The van der Waals surface area contributed by atoms with Crippen LogP contribution in [0.1, 0.15) is 58.4 Å². The summed E-state index contributed by atoms with van der Waals surface area (Å²) in [5, 5.41) is 0. The lowest BCUT2D eigenvalue weighted by Crippen LogP contribution is -2.54. The molecule has 32 heavy (non-hydrogen) atoms. The van der Waals surface area contributed by atoms with Crippen molar-refractivity contribution in [3.8, 4) is 0 Å². The molecule has 1 aromatic rings. The molecule has 1 aromatic heterocycles. The topological polar surface area (TPSA) is 39.2 Å². The molecule has 0 bridgehead atoms. The third-order valence-corrected chi connectivity index (χ3v) is 8.97. The zero-order valence-electron chi connectivity index (χ0n) is 19.3. The number of ether oxygens (including phenoxy) is 1. The van der Waals surface area contributed by atoms with Crippen molar-refractivity contribution in [1.82, 2.24) is 4.98 Å². The number of halogens is 2. The average molecular weight is 440 g/mol. The fraction of sp³-hybridized carbons (Fsp3) is 0.556. The summed E-state index contributed by atoms with van der Waals surface area (Å²) in [4.78, 5) is 16.3. The standard InChI is InChI=1S/C27H31F2NO2/c1-15-9-20-16(11-19(15)25(31)32-4)7-8-26(2)23-6-5-21(17-10-18(28)14-30-13-17)27(23,3)12-22(29)24(20)26/h5,10-11,13-15,22-24H,6-9,12H2,1-4H3/t15?,22-,23-,24-,26-,27+/m0/s1. The first kappa shape index (κ1) is 21.5. The molecule has 170 valence electrons. The van der Waals surface area contributed by atoms with Gasteiger partial charge in [-0.1, -0.05) is 32.4 Å². The number of allylic oxidation sites excluding steroid dienone is 5.